The van der Waals surface area contributed by atoms with Crippen molar-refractivity contribution in [1.82, 2.24) is 5.32 Å². The summed E-state index contributed by atoms with van der Waals surface area (Å²) in [6.45, 7) is 3.50. The van der Waals surface area contributed by atoms with Crippen LogP contribution in [0.15, 0.2) is 41.0 Å². The summed E-state index contributed by atoms with van der Waals surface area (Å²) in [5.74, 6) is 0.734. The Morgan fingerprint density at radius 3 is 2.40 bits per heavy atom. The zero-order chi connectivity index (χ0) is 14.6. The molecule has 0 amide bonds. The van der Waals surface area contributed by atoms with Gasteiger partial charge in [-0.3, -0.25) is 0 Å². The molecule has 108 valence electrons. The van der Waals surface area contributed by atoms with E-state index >= 15 is 0 Å². The maximum atomic E-state index is 12.5. The zero-order valence-corrected chi connectivity index (χ0v) is 11.1. The van der Waals surface area contributed by atoms with Gasteiger partial charge in [-0.2, -0.15) is 13.2 Å². The topological polar surface area (TPSA) is 25.2 Å². The van der Waals surface area contributed by atoms with Gasteiger partial charge in [0, 0.05) is 5.56 Å². The van der Waals surface area contributed by atoms with Crippen LogP contribution in [0.3, 0.4) is 0 Å². The van der Waals surface area contributed by atoms with Crippen molar-refractivity contribution < 1.29 is 17.6 Å². The minimum Gasteiger partial charge on any atom is -0.467 e. The van der Waals surface area contributed by atoms with E-state index in [1.54, 1.807) is 12.3 Å². The maximum Gasteiger partial charge on any atom is 0.416 e. The smallest absolute Gasteiger partial charge is 0.416 e. The molecule has 2 aromatic rings. The van der Waals surface area contributed by atoms with E-state index in [2.05, 4.69) is 12.2 Å². The van der Waals surface area contributed by atoms with Gasteiger partial charge in [0.2, 0.25) is 0 Å². The number of hydrogen-bond donors (Lipinski definition) is 1. The Labute approximate surface area is 115 Å². The van der Waals surface area contributed by atoms with Crippen molar-refractivity contribution in [2.75, 3.05) is 6.54 Å². The molecule has 0 atom stereocenters. The fourth-order valence-corrected chi connectivity index (χ4v) is 1.95. The van der Waals surface area contributed by atoms with Crippen LogP contribution in [0.1, 0.15) is 24.7 Å². The normalized spacial score (nSPS) is 11.8. The molecule has 20 heavy (non-hydrogen) atoms. The quantitative estimate of drug-likeness (QED) is 0.819. The van der Waals surface area contributed by atoms with E-state index in [9.17, 15) is 13.2 Å². The van der Waals surface area contributed by atoms with Gasteiger partial charge in [-0.05, 0) is 36.7 Å². The first-order valence-electron chi connectivity index (χ1n) is 6.47. The zero-order valence-electron chi connectivity index (χ0n) is 11.1. The minimum absolute atomic E-state index is 0.567. The summed E-state index contributed by atoms with van der Waals surface area (Å²) in [4.78, 5) is 0. The molecule has 0 radical (unpaired) electrons. The lowest BCUT2D eigenvalue weighted by Crippen LogP contribution is -2.13. The van der Waals surface area contributed by atoms with Gasteiger partial charge in [0.15, 0.2) is 0 Å². The van der Waals surface area contributed by atoms with Gasteiger partial charge in [0.1, 0.15) is 5.76 Å². The molecule has 0 aliphatic carbocycles. The number of rotatable bonds is 5. The first-order valence-corrected chi connectivity index (χ1v) is 6.47. The second kappa shape index (κ2) is 6.13. The van der Waals surface area contributed by atoms with Gasteiger partial charge < -0.3 is 9.73 Å². The van der Waals surface area contributed by atoms with Crippen molar-refractivity contribution in [3.63, 3.8) is 0 Å². The number of furan rings is 1. The lowest BCUT2D eigenvalue weighted by atomic mass is 10.0. The number of halogens is 3. The highest BCUT2D eigenvalue weighted by molar-refractivity contribution is 5.65. The molecular formula is C15H16F3NO. The fourth-order valence-electron chi connectivity index (χ4n) is 1.95. The summed E-state index contributed by atoms with van der Waals surface area (Å²) < 4.78 is 42.9. The van der Waals surface area contributed by atoms with Crippen LogP contribution in [0.2, 0.25) is 0 Å². The van der Waals surface area contributed by atoms with Crippen LogP contribution in [-0.4, -0.2) is 6.54 Å². The van der Waals surface area contributed by atoms with E-state index in [-0.39, 0.29) is 0 Å². The van der Waals surface area contributed by atoms with Crippen LogP contribution >= 0.6 is 0 Å². The molecule has 0 aliphatic rings. The van der Waals surface area contributed by atoms with Gasteiger partial charge in [-0.1, -0.05) is 19.1 Å². The van der Waals surface area contributed by atoms with Gasteiger partial charge in [0.25, 0.3) is 0 Å². The average Bonchev–Trinajstić information content (AvgIpc) is 2.87. The first kappa shape index (κ1) is 14.7. The van der Waals surface area contributed by atoms with E-state index in [4.69, 9.17) is 4.42 Å². The standard InChI is InChI=1S/C15H16F3NO/c1-2-8-19-10-14-13(7-9-20-14)11-3-5-12(6-4-11)15(16,17)18/h3-7,9,19H,2,8,10H2,1H3. The number of hydrogen-bond acceptors (Lipinski definition) is 2. The molecule has 1 aromatic carbocycles. The van der Waals surface area contributed by atoms with Gasteiger partial charge >= 0.3 is 6.18 Å². The summed E-state index contributed by atoms with van der Waals surface area (Å²) >= 11 is 0. The fraction of sp³-hybridized carbons (Fsp3) is 0.333. The van der Waals surface area contributed by atoms with Crippen molar-refractivity contribution in [1.29, 1.82) is 0 Å². The molecule has 1 N–H and O–H groups in total. The maximum absolute atomic E-state index is 12.5. The van der Waals surface area contributed by atoms with Gasteiger partial charge in [0.05, 0.1) is 18.4 Å². The summed E-state index contributed by atoms with van der Waals surface area (Å²) in [6.07, 6.45) is -1.74. The van der Waals surface area contributed by atoms with Crippen LogP contribution in [0.4, 0.5) is 13.2 Å². The van der Waals surface area contributed by atoms with E-state index in [1.165, 1.54) is 12.1 Å². The van der Waals surface area contributed by atoms with Gasteiger partial charge in [-0.25, -0.2) is 0 Å². The van der Waals surface area contributed by atoms with Crippen molar-refractivity contribution in [3.05, 3.63) is 47.9 Å². The van der Waals surface area contributed by atoms with Crippen LogP contribution in [0, 0.1) is 0 Å². The Hall–Kier alpha value is -1.75. The van der Waals surface area contributed by atoms with E-state index in [1.807, 2.05) is 0 Å². The third-order valence-corrected chi connectivity index (χ3v) is 2.98. The lowest BCUT2D eigenvalue weighted by Gasteiger charge is -2.08. The molecule has 0 spiro atoms. The molecule has 0 saturated heterocycles. The Morgan fingerprint density at radius 1 is 1.10 bits per heavy atom. The molecule has 2 rings (SSSR count). The second-order valence-corrected chi connectivity index (χ2v) is 4.51. The van der Waals surface area contributed by atoms with Crippen LogP contribution < -0.4 is 5.32 Å². The highest BCUT2D eigenvalue weighted by atomic mass is 19.4. The highest BCUT2D eigenvalue weighted by Gasteiger charge is 2.30. The van der Waals surface area contributed by atoms with Crippen molar-refractivity contribution in [2.45, 2.75) is 26.1 Å². The van der Waals surface area contributed by atoms with Crippen LogP contribution in [0.5, 0.6) is 0 Å². The number of benzene rings is 1. The molecule has 1 heterocycles. The van der Waals surface area contributed by atoms with E-state index < -0.39 is 11.7 Å². The Morgan fingerprint density at radius 2 is 1.80 bits per heavy atom. The summed E-state index contributed by atoms with van der Waals surface area (Å²) in [5, 5.41) is 3.21. The Kier molecular flexibility index (Phi) is 4.49. The lowest BCUT2D eigenvalue weighted by molar-refractivity contribution is -0.137. The monoisotopic (exact) mass is 283 g/mol. The molecule has 2 nitrogen and oxygen atoms in total. The second-order valence-electron chi connectivity index (χ2n) is 4.51. The largest absolute Gasteiger partial charge is 0.467 e. The molecule has 0 unspecified atom stereocenters. The predicted octanol–water partition coefficient (Wildman–Crippen LogP) is 4.47. The minimum atomic E-state index is -4.31. The molecule has 5 heteroatoms. The molecular weight excluding hydrogens is 267 g/mol. The molecule has 0 fully saturated rings. The Bertz CT molecular complexity index is 543. The van der Waals surface area contributed by atoms with Crippen molar-refractivity contribution >= 4 is 0 Å². The van der Waals surface area contributed by atoms with Crippen molar-refractivity contribution in [2.24, 2.45) is 0 Å². The highest BCUT2D eigenvalue weighted by Crippen LogP contribution is 2.32. The molecule has 0 aliphatic heterocycles. The Balaban J connectivity index is 2.18. The summed E-state index contributed by atoms with van der Waals surface area (Å²) in [5.41, 5.74) is 0.901. The molecule has 0 saturated carbocycles. The van der Waals surface area contributed by atoms with Gasteiger partial charge in [-0.15, -0.1) is 0 Å². The molecule has 0 bridgehead atoms. The molecule has 1 aromatic heterocycles. The first-order chi connectivity index (χ1) is 9.52. The number of alkyl halides is 3. The summed E-state index contributed by atoms with van der Waals surface area (Å²) in [6, 6.07) is 6.89. The van der Waals surface area contributed by atoms with E-state index in [0.717, 1.165) is 42.0 Å². The summed E-state index contributed by atoms with van der Waals surface area (Å²) in [7, 11) is 0. The third-order valence-electron chi connectivity index (χ3n) is 2.98. The van der Waals surface area contributed by atoms with Crippen LogP contribution in [0.25, 0.3) is 11.1 Å². The van der Waals surface area contributed by atoms with Crippen LogP contribution in [-0.2, 0) is 12.7 Å². The predicted molar refractivity (Wildman–Crippen MR) is 71.1 cm³/mol. The van der Waals surface area contributed by atoms with E-state index in [0.29, 0.717) is 6.54 Å². The average molecular weight is 283 g/mol. The van der Waals surface area contributed by atoms with Crippen molar-refractivity contribution in [3.8, 4) is 11.1 Å². The SMILES string of the molecule is CCCNCc1occc1-c1ccc(C(F)(F)F)cc1. The number of nitrogens with one attached hydrogen (secondary N) is 1. The third kappa shape index (κ3) is 3.42.